The SMILES string of the molecule is Cc1nc(CN2CCC(CNC(=O)C=Cc3ccco3)CC2)oc1C. The molecule has 6 heteroatoms. The van der Waals surface area contributed by atoms with Gasteiger partial charge in [-0.05, 0) is 63.9 Å². The molecule has 1 aliphatic rings. The number of oxazole rings is 1. The van der Waals surface area contributed by atoms with Crippen LogP contribution in [0.5, 0.6) is 0 Å². The first-order valence-electron chi connectivity index (χ1n) is 8.75. The van der Waals surface area contributed by atoms with E-state index in [4.69, 9.17) is 8.83 Å². The second-order valence-corrected chi connectivity index (χ2v) is 6.56. The van der Waals surface area contributed by atoms with Gasteiger partial charge in [0.25, 0.3) is 0 Å². The fraction of sp³-hybridized carbons (Fsp3) is 0.474. The molecule has 1 amide bonds. The minimum absolute atomic E-state index is 0.0791. The van der Waals surface area contributed by atoms with Crippen molar-refractivity contribution in [3.05, 3.63) is 47.6 Å². The predicted molar refractivity (Wildman–Crippen MR) is 94.7 cm³/mol. The van der Waals surface area contributed by atoms with Gasteiger partial charge in [0.1, 0.15) is 11.5 Å². The van der Waals surface area contributed by atoms with E-state index >= 15 is 0 Å². The number of hydrogen-bond acceptors (Lipinski definition) is 5. The average molecular weight is 343 g/mol. The van der Waals surface area contributed by atoms with Crippen LogP contribution in [0.3, 0.4) is 0 Å². The smallest absolute Gasteiger partial charge is 0.244 e. The molecule has 6 nitrogen and oxygen atoms in total. The molecule has 2 aromatic rings. The van der Waals surface area contributed by atoms with E-state index in [0.29, 0.717) is 18.2 Å². The molecule has 3 heterocycles. The van der Waals surface area contributed by atoms with Crippen LogP contribution in [0.25, 0.3) is 6.08 Å². The number of aromatic nitrogens is 1. The lowest BCUT2D eigenvalue weighted by atomic mass is 9.97. The molecule has 3 rings (SSSR count). The third kappa shape index (κ3) is 5.06. The zero-order chi connectivity index (χ0) is 17.6. The second kappa shape index (κ2) is 8.16. The van der Waals surface area contributed by atoms with Crippen LogP contribution in [0, 0.1) is 19.8 Å². The molecule has 1 N–H and O–H groups in total. The number of carbonyl (C=O) groups excluding carboxylic acids is 1. The summed E-state index contributed by atoms with van der Waals surface area (Å²) in [4.78, 5) is 18.7. The third-order valence-electron chi connectivity index (χ3n) is 4.65. The fourth-order valence-electron chi connectivity index (χ4n) is 2.99. The Balaban J connectivity index is 1.37. The first-order chi connectivity index (χ1) is 12.1. The zero-order valence-corrected chi connectivity index (χ0v) is 14.8. The van der Waals surface area contributed by atoms with E-state index in [9.17, 15) is 4.79 Å². The van der Waals surface area contributed by atoms with Gasteiger partial charge in [-0.3, -0.25) is 9.69 Å². The van der Waals surface area contributed by atoms with Crippen molar-refractivity contribution < 1.29 is 13.6 Å². The number of rotatable bonds is 6. The average Bonchev–Trinajstić information content (AvgIpc) is 3.22. The van der Waals surface area contributed by atoms with Gasteiger partial charge in [0, 0.05) is 12.6 Å². The predicted octanol–water partition coefficient (Wildman–Crippen LogP) is 2.93. The third-order valence-corrected chi connectivity index (χ3v) is 4.65. The summed E-state index contributed by atoms with van der Waals surface area (Å²) in [5, 5.41) is 2.97. The fourth-order valence-corrected chi connectivity index (χ4v) is 2.99. The first kappa shape index (κ1) is 17.5. The van der Waals surface area contributed by atoms with Crippen LogP contribution in [0.15, 0.2) is 33.3 Å². The minimum Gasteiger partial charge on any atom is -0.465 e. The lowest BCUT2D eigenvalue weighted by molar-refractivity contribution is -0.116. The van der Waals surface area contributed by atoms with Gasteiger partial charge < -0.3 is 14.2 Å². The number of aryl methyl sites for hydroxylation is 2. The Morgan fingerprint density at radius 3 is 2.84 bits per heavy atom. The van der Waals surface area contributed by atoms with Crippen molar-refractivity contribution >= 4 is 12.0 Å². The van der Waals surface area contributed by atoms with Gasteiger partial charge in [-0.2, -0.15) is 0 Å². The Hall–Kier alpha value is -2.34. The highest BCUT2D eigenvalue weighted by Crippen LogP contribution is 2.19. The van der Waals surface area contributed by atoms with E-state index in [1.807, 2.05) is 19.9 Å². The number of hydrogen-bond donors (Lipinski definition) is 1. The topological polar surface area (TPSA) is 71.5 Å². The monoisotopic (exact) mass is 343 g/mol. The number of furan rings is 1. The summed E-state index contributed by atoms with van der Waals surface area (Å²) in [6.07, 6.45) is 6.92. The highest BCUT2D eigenvalue weighted by molar-refractivity contribution is 5.91. The molecular formula is C19H25N3O3. The van der Waals surface area contributed by atoms with Gasteiger partial charge in [-0.15, -0.1) is 0 Å². The van der Waals surface area contributed by atoms with Crippen LogP contribution < -0.4 is 5.32 Å². The molecule has 0 aromatic carbocycles. The Morgan fingerprint density at radius 1 is 1.40 bits per heavy atom. The Labute approximate surface area is 147 Å². The summed E-state index contributed by atoms with van der Waals surface area (Å²) >= 11 is 0. The molecule has 0 saturated carbocycles. The van der Waals surface area contributed by atoms with Crippen LogP contribution in [0.2, 0.25) is 0 Å². The highest BCUT2D eigenvalue weighted by Gasteiger charge is 2.21. The van der Waals surface area contributed by atoms with Crippen molar-refractivity contribution in [3.8, 4) is 0 Å². The summed E-state index contributed by atoms with van der Waals surface area (Å²) in [5.41, 5.74) is 0.968. The maximum Gasteiger partial charge on any atom is 0.244 e. The second-order valence-electron chi connectivity index (χ2n) is 6.56. The molecule has 0 spiro atoms. The van der Waals surface area contributed by atoms with Gasteiger partial charge in [0.2, 0.25) is 11.8 Å². The lowest BCUT2D eigenvalue weighted by Crippen LogP contribution is -2.38. The van der Waals surface area contributed by atoms with Crippen LogP contribution >= 0.6 is 0 Å². The molecule has 0 atom stereocenters. The molecule has 0 radical (unpaired) electrons. The van der Waals surface area contributed by atoms with Gasteiger partial charge in [0.15, 0.2) is 0 Å². The minimum atomic E-state index is -0.0791. The zero-order valence-electron chi connectivity index (χ0n) is 14.8. The Bertz CT molecular complexity index is 691. The maximum atomic E-state index is 11.8. The number of piperidine rings is 1. The van der Waals surface area contributed by atoms with Crippen LogP contribution in [-0.2, 0) is 11.3 Å². The van der Waals surface area contributed by atoms with E-state index in [1.165, 1.54) is 6.08 Å². The molecular weight excluding hydrogens is 318 g/mol. The molecule has 25 heavy (non-hydrogen) atoms. The largest absolute Gasteiger partial charge is 0.465 e. The van der Waals surface area contributed by atoms with Crippen LogP contribution in [-0.4, -0.2) is 35.4 Å². The van der Waals surface area contributed by atoms with Crippen LogP contribution in [0.1, 0.15) is 35.9 Å². The molecule has 0 unspecified atom stereocenters. The van der Waals surface area contributed by atoms with Crippen LogP contribution in [0.4, 0.5) is 0 Å². The van der Waals surface area contributed by atoms with Gasteiger partial charge in [-0.25, -0.2) is 4.98 Å². The normalized spacial score (nSPS) is 16.6. The van der Waals surface area contributed by atoms with Crippen molar-refractivity contribution in [2.24, 2.45) is 5.92 Å². The molecule has 1 aliphatic heterocycles. The highest BCUT2D eigenvalue weighted by atomic mass is 16.4. The number of nitrogens with one attached hydrogen (secondary N) is 1. The molecule has 1 fully saturated rings. The summed E-state index contributed by atoms with van der Waals surface area (Å²) < 4.78 is 10.8. The molecule has 134 valence electrons. The number of amides is 1. The summed E-state index contributed by atoms with van der Waals surface area (Å²) in [7, 11) is 0. The summed E-state index contributed by atoms with van der Waals surface area (Å²) in [6.45, 7) is 7.40. The van der Waals surface area contributed by atoms with Gasteiger partial charge in [0.05, 0.1) is 18.5 Å². The van der Waals surface area contributed by atoms with Crippen molar-refractivity contribution in [3.63, 3.8) is 0 Å². The summed E-state index contributed by atoms with van der Waals surface area (Å²) in [6, 6.07) is 3.61. The van der Waals surface area contributed by atoms with E-state index < -0.39 is 0 Å². The molecule has 0 bridgehead atoms. The molecule has 2 aromatic heterocycles. The molecule has 1 saturated heterocycles. The van der Waals surface area contributed by atoms with E-state index in [0.717, 1.165) is 49.8 Å². The van der Waals surface area contributed by atoms with Gasteiger partial charge in [-0.1, -0.05) is 0 Å². The number of carbonyl (C=O) groups is 1. The van der Waals surface area contributed by atoms with E-state index in [2.05, 4.69) is 15.2 Å². The number of nitrogens with zero attached hydrogens (tertiary/aromatic N) is 2. The summed E-state index contributed by atoms with van der Waals surface area (Å²) in [5.74, 6) is 2.82. The van der Waals surface area contributed by atoms with Crippen molar-refractivity contribution in [2.45, 2.75) is 33.2 Å². The Kier molecular flexibility index (Phi) is 5.71. The number of likely N-dealkylation sites (tertiary alicyclic amines) is 1. The van der Waals surface area contributed by atoms with Crippen molar-refractivity contribution in [1.82, 2.24) is 15.2 Å². The standard InChI is InChI=1S/C19H25N3O3/c1-14-15(2)25-19(21-14)13-22-9-7-16(8-10-22)12-20-18(23)6-5-17-4-3-11-24-17/h3-6,11,16H,7-10,12-13H2,1-2H3,(H,20,23). The van der Waals surface area contributed by atoms with Gasteiger partial charge >= 0.3 is 0 Å². The Morgan fingerprint density at radius 2 is 2.20 bits per heavy atom. The molecule has 0 aliphatic carbocycles. The van der Waals surface area contributed by atoms with Crippen molar-refractivity contribution in [1.29, 1.82) is 0 Å². The maximum absolute atomic E-state index is 11.8. The lowest BCUT2D eigenvalue weighted by Gasteiger charge is -2.31. The van der Waals surface area contributed by atoms with E-state index in [1.54, 1.807) is 18.4 Å². The van der Waals surface area contributed by atoms with Crippen molar-refractivity contribution in [2.75, 3.05) is 19.6 Å². The quantitative estimate of drug-likeness (QED) is 0.817. The first-order valence-corrected chi connectivity index (χ1v) is 8.75. The van der Waals surface area contributed by atoms with E-state index in [-0.39, 0.29) is 5.91 Å².